The van der Waals surface area contributed by atoms with Gasteiger partial charge >= 0.3 is 0 Å². The summed E-state index contributed by atoms with van der Waals surface area (Å²) in [7, 11) is 0. The predicted octanol–water partition coefficient (Wildman–Crippen LogP) is 7.43. The minimum atomic E-state index is -0.498. The molecule has 0 bridgehead atoms. The van der Waals surface area contributed by atoms with Crippen LogP contribution in [0.5, 0.6) is 0 Å². The molecule has 0 unspecified atom stereocenters. The fraction of sp³-hybridized carbons (Fsp3) is 0. The lowest BCUT2D eigenvalue weighted by molar-refractivity contribution is 0.627. The van der Waals surface area contributed by atoms with Crippen molar-refractivity contribution in [1.82, 2.24) is 9.97 Å². The van der Waals surface area contributed by atoms with Crippen LogP contribution >= 0.6 is 0 Å². The van der Waals surface area contributed by atoms with E-state index in [1.54, 1.807) is 12.1 Å². The Morgan fingerprint density at radius 3 is 1.40 bits per heavy atom. The van der Waals surface area contributed by atoms with Gasteiger partial charge in [0.1, 0.15) is 11.6 Å². The van der Waals surface area contributed by atoms with E-state index in [0.29, 0.717) is 66.6 Å². The minimum Gasteiger partial charge on any atom is -0.246 e. The second-order valence-corrected chi connectivity index (χ2v) is 9.25. The summed E-state index contributed by atoms with van der Waals surface area (Å²) in [6, 6.07) is 19.8. The molecular formula is C32H10F2N6. The molecule has 0 spiro atoms. The number of allylic oxidation sites excluding steroid dienone is 2. The summed E-state index contributed by atoms with van der Waals surface area (Å²) >= 11 is 0. The van der Waals surface area contributed by atoms with Crippen LogP contribution in [0.25, 0.3) is 64.9 Å². The molecule has 2 aromatic heterocycles. The Balaban J connectivity index is 1.59. The summed E-state index contributed by atoms with van der Waals surface area (Å²) in [6.07, 6.45) is 0. The highest BCUT2D eigenvalue weighted by atomic mass is 19.1. The van der Waals surface area contributed by atoms with Gasteiger partial charge in [-0.05, 0) is 58.7 Å². The quantitative estimate of drug-likeness (QED) is 0.119. The standard InChI is InChI=1S/C32H10F2N6/c1-37-25(13-35)27-21-11-17(33)5-7-19(21)23-9-15-3-4-16-10-24-20-8-6-18(34)12-22(20)28(26(14-36)38-2)32(24)40-30(16)29(15)39-31(23)27/h3-12H/b27-25-,28-26+. The molecule has 0 aliphatic heterocycles. The maximum Gasteiger partial charge on any atom is 0.271 e. The van der Waals surface area contributed by atoms with Crippen LogP contribution in [0.4, 0.5) is 8.78 Å². The van der Waals surface area contributed by atoms with E-state index in [1.807, 2.05) is 36.4 Å². The number of benzene rings is 3. The SMILES string of the molecule is [C-]#[N+]/C(C#N)=C1/c2cc(F)ccc2-c2cc3ccc4cc5c(nc4c3nc21)/C(=C(\C#N)[N+]#[C-])c1cc(F)ccc1-5. The van der Waals surface area contributed by atoms with E-state index < -0.39 is 11.6 Å². The lowest BCUT2D eigenvalue weighted by atomic mass is 10.0. The van der Waals surface area contributed by atoms with E-state index in [4.69, 9.17) is 23.1 Å². The Kier molecular flexibility index (Phi) is 4.67. The average molecular weight is 516 g/mol. The Hall–Kier alpha value is -6.22. The molecule has 2 heterocycles. The van der Waals surface area contributed by atoms with Crippen LogP contribution in [0.1, 0.15) is 22.5 Å². The summed E-state index contributed by atoms with van der Waals surface area (Å²) in [4.78, 5) is 16.5. The fourth-order valence-corrected chi connectivity index (χ4v) is 5.59. The number of fused-ring (bicyclic) bond motifs is 9. The molecule has 182 valence electrons. The first-order valence-electron chi connectivity index (χ1n) is 11.9. The molecule has 40 heavy (non-hydrogen) atoms. The molecule has 0 saturated carbocycles. The van der Waals surface area contributed by atoms with Crippen molar-refractivity contribution >= 4 is 33.0 Å². The summed E-state index contributed by atoms with van der Waals surface area (Å²) in [5, 5.41) is 20.8. The second kappa shape index (κ2) is 8.14. The first kappa shape index (κ1) is 22.9. The van der Waals surface area contributed by atoms with Gasteiger partial charge in [0.25, 0.3) is 11.4 Å². The maximum absolute atomic E-state index is 14.3. The van der Waals surface area contributed by atoms with Crippen LogP contribution in [0, 0.1) is 47.4 Å². The van der Waals surface area contributed by atoms with E-state index in [9.17, 15) is 19.3 Å². The van der Waals surface area contributed by atoms with Gasteiger partial charge in [-0.3, -0.25) is 0 Å². The van der Waals surface area contributed by atoms with Crippen molar-refractivity contribution in [3.8, 4) is 34.4 Å². The third-order valence-corrected chi connectivity index (χ3v) is 7.24. The average Bonchev–Trinajstić information content (AvgIpc) is 3.43. The fourth-order valence-electron chi connectivity index (χ4n) is 5.59. The van der Waals surface area contributed by atoms with E-state index in [0.717, 1.165) is 0 Å². The van der Waals surface area contributed by atoms with E-state index >= 15 is 0 Å². The Bertz CT molecular complexity index is 2090. The Morgan fingerprint density at radius 2 is 1.02 bits per heavy atom. The van der Waals surface area contributed by atoms with Crippen molar-refractivity contribution in [2.45, 2.75) is 0 Å². The number of nitrogens with zero attached hydrogens (tertiary/aromatic N) is 6. The van der Waals surface area contributed by atoms with Gasteiger partial charge in [0, 0.05) is 33.0 Å². The van der Waals surface area contributed by atoms with Crippen LogP contribution in [0.2, 0.25) is 0 Å². The summed E-state index contributed by atoms with van der Waals surface area (Å²) in [5.41, 5.74) is 5.27. The predicted molar refractivity (Wildman–Crippen MR) is 144 cm³/mol. The molecule has 5 aromatic rings. The summed E-state index contributed by atoms with van der Waals surface area (Å²) in [5.74, 6) is -0.996. The molecule has 0 saturated heterocycles. The Labute approximate surface area is 225 Å². The van der Waals surface area contributed by atoms with Gasteiger partial charge in [-0.2, -0.15) is 0 Å². The first-order chi connectivity index (χ1) is 19.5. The molecule has 0 fully saturated rings. The maximum atomic E-state index is 14.3. The zero-order chi connectivity index (χ0) is 27.7. The van der Waals surface area contributed by atoms with Crippen LogP contribution in [0.15, 0.2) is 72.1 Å². The van der Waals surface area contributed by atoms with Gasteiger partial charge in [0.15, 0.2) is 0 Å². The molecule has 6 nitrogen and oxygen atoms in total. The van der Waals surface area contributed by atoms with Crippen molar-refractivity contribution in [2.24, 2.45) is 0 Å². The smallest absolute Gasteiger partial charge is 0.246 e. The molecule has 3 aromatic carbocycles. The zero-order valence-electron chi connectivity index (χ0n) is 20.2. The van der Waals surface area contributed by atoms with Gasteiger partial charge in [-0.1, -0.05) is 24.3 Å². The van der Waals surface area contributed by atoms with E-state index in [-0.39, 0.29) is 22.5 Å². The number of nitriles is 2. The number of aromatic nitrogens is 2. The molecule has 7 rings (SSSR count). The third-order valence-electron chi connectivity index (χ3n) is 7.24. The number of hydrogen-bond donors (Lipinski definition) is 0. The van der Waals surface area contributed by atoms with Crippen molar-refractivity contribution in [2.75, 3.05) is 0 Å². The second-order valence-electron chi connectivity index (χ2n) is 9.25. The van der Waals surface area contributed by atoms with Crippen LogP contribution in [-0.2, 0) is 0 Å². The monoisotopic (exact) mass is 516 g/mol. The molecule has 2 aliphatic rings. The van der Waals surface area contributed by atoms with Crippen LogP contribution in [0.3, 0.4) is 0 Å². The topological polar surface area (TPSA) is 82.1 Å². The normalized spacial score (nSPS) is 14.8. The van der Waals surface area contributed by atoms with Gasteiger partial charge in [-0.25, -0.2) is 39.0 Å². The number of halogens is 2. The number of pyridine rings is 2. The molecule has 0 amide bonds. The molecule has 2 aliphatic carbocycles. The van der Waals surface area contributed by atoms with Crippen molar-refractivity contribution in [3.63, 3.8) is 0 Å². The highest BCUT2D eigenvalue weighted by Gasteiger charge is 2.31. The van der Waals surface area contributed by atoms with Gasteiger partial charge < -0.3 is 0 Å². The van der Waals surface area contributed by atoms with Crippen molar-refractivity contribution in [3.05, 3.63) is 129 Å². The van der Waals surface area contributed by atoms with Gasteiger partial charge in [0.05, 0.1) is 47.7 Å². The molecule has 0 radical (unpaired) electrons. The lowest BCUT2D eigenvalue weighted by Crippen LogP contribution is -1.95. The van der Waals surface area contributed by atoms with Crippen molar-refractivity contribution < 1.29 is 8.78 Å². The first-order valence-corrected chi connectivity index (χ1v) is 11.9. The van der Waals surface area contributed by atoms with Crippen LogP contribution < -0.4 is 0 Å². The molecule has 0 atom stereocenters. The number of hydrogen-bond acceptors (Lipinski definition) is 4. The molecule has 8 heteroatoms. The van der Waals surface area contributed by atoms with E-state index in [1.165, 1.54) is 24.3 Å². The van der Waals surface area contributed by atoms with Gasteiger partial charge in [-0.15, -0.1) is 0 Å². The largest absolute Gasteiger partial charge is 0.271 e. The molecule has 0 N–H and O–H groups in total. The highest BCUT2D eigenvalue weighted by Crippen LogP contribution is 2.49. The lowest BCUT2D eigenvalue weighted by Gasteiger charge is -2.10. The van der Waals surface area contributed by atoms with Crippen molar-refractivity contribution in [1.29, 1.82) is 10.5 Å². The van der Waals surface area contributed by atoms with E-state index in [2.05, 4.69) is 9.69 Å². The summed E-state index contributed by atoms with van der Waals surface area (Å²) in [6.45, 7) is 15.1. The minimum absolute atomic E-state index is 0.204. The van der Waals surface area contributed by atoms with Gasteiger partial charge in [0.2, 0.25) is 0 Å². The highest BCUT2D eigenvalue weighted by molar-refractivity contribution is 6.12. The Morgan fingerprint density at radius 1 is 0.600 bits per heavy atom. The zero-order valence-corrected chi connectivity index (χ0v) is 20.2. The number of rotatable bonds is 0. The third kappa shape index (κ3) is 2.96. The molecular weight excluding hydrogens is 506 g/mol. The van der Waals surface area contributed by atoms with Crippen LogP contribution in [-0.4, -0.2) is 9.97 Å². The summed E-state index contributed by atoms with van der Waals surface area (Å²) < 4.78 is 28.5.